The third kappa shape index (κ3) is 3.68. The fourth-order valence-corrected chi connectivity index (χ4v) is 2.60. The Balaban J connectivity index is 2.26. The summed E-state index contributed by atoms with van der Waals surface area (Å²) in [5.74, 6) is 0.262. The van der Waals surface area contributed by atoms with Crippen molar-refractivity contribution < 1.29 is 4.52 Å². The summed E-state index contributed by atoms with van der Waals surface area (Å²) in [5.41, 5.74) is 0. The smallest absolute Gasteiger partial charge is 0.198 e. The van der Waals surface area contributed by atoms with E-state index >= 15 is 0 Å². The average Bonchev–Trinajstić information content (AvgIpc) is 2.19. The van der Waals surface area contributed by atoms with E-state index in [1.165, 1.54) is 0 Å². The van der Waals surface area contributed by atoms with Gasteiger partial charge in [0.1, 0.15) is 12.3 Å². The quantitative estimate of drug-likeness (QED) is 0.680. The van der Waals surface area contributed by atoms with Crippen molar-refractivity contribution in [2.75, 3.05) is 6.16 Å². The number of rotatable bonds is 3. The molecule has 0 aromatic heterocycles. The monoisotopic (exact) mass is 216 g/mol. The minimum atomic E-state index is -0.619. The lowest BCUT2D eigenvalue weighted by atomic mass is 9.89. The Labute approximate surface area is 85.8 Å². The molecule has 0 spiro atoms. The van der Waals surface area contributed by atoms with Crippen LogP contribution in [-0.2, 0) is 16.3 Å². The predicted molar refractivity (Wildman–Crippen MR) is 57.3 cm³/mol. The van der Waals surface area contributed by atoms with Crippen molar-refractivity contribution in [2.45, 2.75) is 38.7 Å². The molecule has 0 aliphatic heterocycles. The molecule has 1 unspecified atom stereocenters. The molecule has 0 radical (unpaired) electrons. The largest absolute Gasteiger partial charge is 0.337 e. The van der Waals surface area contributed by atoms with Gasteiger partial charge in [-0.2, -0.15) is 9.79 Å². The highest BCUT2D eigenvalue weighted by Gasteiger charge is 2.26. The Morgan fingerprint density at radius 3 is 2.54 bits per heavy atom. The van der Waals surface area contributed by atoms with Crippen LogP contribution in [0, 0.1) is 17.2 Å². The molecule has 4 heteroatoms. The molecule has 0 aromatic carbocycles. The average molecular weight is 216 g/mol. The van der Waals surface area contributed by atoms with Crippen molar-refractivity contribution in [3.05, 3.63) is 0 Å². The predicted octanol–water partition coefficient (Wildman–Crippen LogP) is 2.96. The standard InChI is InChI=1S/C9H15NOPS/c1-2-12(13)11-9-5-3-8(7-10)4-6-9/h8-9H,2-6H2,1H3/q+1. The van der Waals surface area contributed by atoms with E-state index < -0.39 is 6.92 Å². The molecule has 0 saturated heterocycles. The second-order valence-corrected chi connectivity index (χ2v) is 6.09. The fourth-order valence-electron chi connectivity index (χ4n) is 1.54. The van der Waals surface area contributed by atoms with Gasteiger partial charge in [0.2, 0.25) is 0 Å². The first-order valence-corrected chi connectivity index (χ1v) is 7.23. The molecule has 1 fully saturated rings. The van der Waals surface area contributed by atoms with Crippen molar-refractivity contribution in [1.82, 2.24) is 0 Å². The molecule has 1 aliphatic rings. The van der Waals surface area contributed by atoms with Crippen LogP contribution >= 0.6 is 6.92 Å². The van der Waals surface area contributed by atoms with Gasteiger partial charge in [0.15, 0.2) is 11.8 Å². The van der Waals surface area contributed by atoms with Gasteiger partial charge < -0.3 is 0 Å². The SMILES string of the molecule is CC[P+](=S)OC1CCC(C#N)CC1. The molecule has 13 heavy (non-hydrogen) atoms. The van der Waals surface area contributed by atoms with Crippen molar-refractivity contribution in [3.8, 4) is 6.07 Å². The lowest BCUT2D eigenvalue weighted by Gasteiger charge is -2.20. The third-order valence-corrected chi connectivity index (χ3v) is 4.46. The number of nitriles is 1. The van der Waals surface area contributed by atoms with Crippen LogP contribution in [0.25, 0.3) is 0 Å². The minimum absolute atomic E-state index is 0.262. The Hall–Kier alpha value is -0.0300. The summed E-state index contributed by atoms with van der Waals surface area (Å²) in [6.07, 6.45) is 5.32. The van der Waals surface area contributed by atoms with Crippen LogP contribution in [0.2, 0.25) is 0 Å². The third-order valence-electron chi connectivity index (χ3n) is 2.38. The van der Waals surface area contributed by atoms with E-state index in [1.807, 2.05) is 0 Å². The first-order valence-electron chi connectivity index (χ1n) is 4.77. The molecule has 72 valence electrons. The summed E-state index contributed by atoms with van der Waals surface area (Å²) in [5, 5.41) is 8.70. The molecular formula is C9H15NOPS+. The van der Waals surface area contributed by atoms with Gasteiger partial charge in [-0.25, -0.2) is 0 Å². The molecule has 0 aromatic rings. The molecule has 1 rings (SSSR count). The van der Waals surface area contributed by atoms with Gasteiger partial charge in [-0.05, 0) is 32.6 Å². The molecule has 0 N–H and O–H groups in total. The highest BCUT2D eigenvalue weighted by Crippen LogP contribution is 2.33. The van der Waals surface area contributed by atoms with Crippen LogP contribution in [0.15, 0.2) is 0 Å². The number of hydrogen-bond acceptors (Lipinski definition) is 3. The van der Waals surface area contributed by atoms with E-state index in [1.54, 1.807) is 0 Å². The lowest BCUT2D eigenvalue weighted by molar-refractivity contribution is 0.163. The molecule has 0 heterocycles. The van der Waals surface area contributed by atoms with Crippen LogP contribution in [0.5, 0.6) is 0 Å². The highest BCUT2D eigenvalue weighted by molar-refractivity contribution is 8.02. The Bertz CT molecular complexity index is 218. The molecule has 1 saturated carbocycles. The fraction of sp³-hybridized carbons (Fsp3) is 0.889. The summed E-state index contributed by atoms with van der Waals surface area (Å²) >= 11 is 5.15. The van der Waals surface area contributed by atoms with E-state index in [2.05, 4.69) is 13.0 Å². The topological polar surface area (TPSA) is 33.0 Å². The van der Waals surface area contributed by atoms with E-state index in [9.17, 15) is 0 Å². The maximum absolute atomic E-state index is 8.70. The van der Waals surface area contributed by atoms with Gasteiger partial charge in [0.25, 0.3) is 0 Å². The summed E-state index contributed by atoms with van der Waals surface area (Å²) in [4.78, 5) is 0. The van der Waals surface area contributed by atoms with Gasteiger partial charge in [0, 0.05) is 5.92 Å². The van der Waals surface area contributed by atoms with Crippen LogP contribution in [-0.4, -0.2) is 12.3 Å². The van der Waals surface area contributed by atoms with Gasteiger partial charge >= 0.3 is 6.92 Å². The van der Waals surface area contributed by atoms with Crippen molar-refractivity contribution in [3.63, 3.8) is 0 Å². The van der Waals surface area contributed by atoms with Gasteiger partial charge in [-0.15, -0.1) is 0 Å². The van der Waals surface area contributed by atoms with Gasteiger partial charge in [-0.3, -0.25) is 0 Å². The lowest BCUT2D eigenvalue weighted by Crippen LogP contribution is -2.18. The molecule has 0 bridgehead atoms. The van der Waals surface area contributed by atoms with Crippen LogP contribution in [0.1, 0.15) is 32.6 Å². The zero-order valence-electron chi connectivity index (χ0n) is 7.90. The molecule has 0 amide bonds. The second-order valence-electron chi connectivity index (χ2n) is 3.36. The zero-order valence-corrected chi connectivity index (χ0v) is 9.61. The zero-order chi connectivity index (χ0) is 9.68. The molecule has 2 nitrogen and oxygen atoms in total. The van der Waals surface area contributed by atoms with Gasteiger partial charge in [-0.1, -0.05) is 0 Å². The van der Waals surface area contributed by atoms with Crippen LogP contribution in [0.3, 0.4) is 0 Å². The Morgan fingerprint density at radius 1 is 1.46 bits per heavy atom. The van der Waals surface area contributed by atoms with Crippen molar-refractivity contribution in [1.29, 1.82) is 5.26 Å². The van der Waals surface area contributed by atoms with E-state index in [0.717, 1.165) is 31.8 Å². The number of nitrogens with zero attached hydrogens (tertiary/aromatic N) is 1. The summed E-state index contributed by atoms with van der Waals surface area (Å²) in [7, 11) is 0. The van der Waals surface area contributed by atoms with E-state index in [4.69, 9.17) is 21.6 Å². The van der Waals surface area contributed by atoms with Gasteiger partial charge in [0.05, 0.1) is 6.07 Å². The number of hydrogen-bond donors (Lipinski definition) is 0. The van der Waals surface area contributed by atoms with Crippen molar-refractivity contribution >= 4 is 18.7 Å². The first-order chi connectivity index (χ1) is 6.26. The molecule has 1 aliphatic carbocycles. The van der Waals surface area contributed by atoms with Crippen molar-refractivity contribution in [2.24, 2.45) is 5.92 Å². The van der Waals surface area contributed by atoms with Crippen LogP contribution in [0.4, 0.5) is 0 Å². The highest BCUT2D eigenvalue weighted by atomic mass is 32.4. The maximum Gasteiger partial charge on any atom is 0.337 e. The Kier molecular flexibility index (Phi) is 4.80. The molecular weight excluding hydrogens is 201 g/mol. The van der Waals surface area contributed by atoms with Crippen LogP contribution < -0.4 is 0 Å². The van der Waals surface area contributed by atoms with E-state index in [-0.39, 0.29) is 5.92 Å². The first kappa shape index (κ1) is 11.0. The minimum Gasteiger partial charge on any atom is -0.198 e. The summed E-state index contributed by atoms with van der Waals surface area (Å²) < 4.78 is 5.70. The second kappa shape index (κ2) is 5.65. The maximum atomic E-state index is 8.70. The van der Waals surface area contributed by atoms with E-state index in [0.29, 0.717) is 6.10 Å². The Morgan fingerprint density at radius 2 is 2.08 bits per heavy atom. The summed E-state index contributed by atoms with van der Waals surface area (Å²) in [6, 6.07) is 2.32. The normalized spacial score (nSPS) is 29.4. The molecule has 1 atom stereocenters. The summed E-state index contributed by atoms with van der Waals surface area (Å²) in [6.45, 7) is 1.45.